The predicted molar refractivity (Wildman–Crippen MR) is 153 cm³/mol. The molecule has 0 unspecified atom stereocenters. The average Bonchev–Trinajstić information content (AvgIpc) is 3.34. The van der Waals surface area contributed by atoms with E-state index in [-0.39, 0.29) is 5.91 Å². The number of rotatable bonds is 6. The van der Waals surface area contributed by atoms with Crippen LogP contribution in [0.5, 0.6) is 5.75 Å². The molecule has 0 atom stereocenters. The second-order valence-electron chi connectivity index (χ2n) is 9.53. The minimum absolute atomic E-state index is 0.143. The molecule has 0 bridgehead atoms. The zero-order valence-electron chi connectivity index (χ0n) is 22.0. The molecule has 40 heavy (non-hydrogen) atoms. The molecule has 5 aromatic rings. The van der Waals surface area contributed by atoms with Crippen molar-refractivity contribution in [3.05, 3.63) is 137 Å². The molecule has 1 aliphatic heterocycles. The predicted octanol–water partition coefficient (Wildman–Crippen LogP) is 5.78. The van der Waals surface area contributed by atoms with E-state index in [0.29, 0.717) is 36.6 Å². The molecule has 1 aromatic heterocycles. The highest BCUT2D eigenvalue weighted by molar-refractivity contribution is 5.97. The standard InChI is InChI=1S/C33H27N3O4/c1-39-33(38)24-12-14-31-28(17-24)27(26-10-6-5-9-25(26)20-40-31)15-16-36-21-35-29-18-23(11-13-30(29)36)32(37)34-19-22-7-3-2-4-8-22/h2-15,17-18,21H,16,19-20H2,1H3,(H,34,37). The number of benzene rings is 4. The summed E-state index contributed by atoms with van der Waals surface area (Å²) in [5.41, 5.74) is 7.62. The molecule has 1 aliphatic rings. The SMILES string of the molecule is COC(=O)c1ccc2c(c1)C(=CCn1cnc3cc(C(=O)NCc4ccccc4)ccc31)c1ccccc1CO2. The molecule has 0 saturated heterocycles. The van der Waals surface area contributed by atoms with Crippen molar-refractivity contribution in [1.82, 2.24) is 14.9 Å². The fourth-order valence-electron chi connectivity index (χ4n) is 4.96. The summed E-state index contributed by atoms with van der Waals surface area (Å²) in [5, 5.41) is 2.97. The molecule has 1 amide bonds. The van der Waals surface area contributed by atoms with Crippen LogP contribution in [0.2, 0.25) is 0 Å². The molecule has 0 saturated carbocycles. The lowest BCUT2D eigenvalue weighted by Crippen LogP contribution is -2.22. The van der Waals surface area contributed by atoms with Crippen molar-refractivity contribution in [2.45, 2.75) is 19.7 Å². The Labute approximate surface area is 231 Å². The average molecular weight is 530 g/mol. The van der Waals surface area contributed by atoms with E-state index in [9.17, 15) is 9.59 Å². The number of fused-ring (bicyclic) bond motifs is 3. The maximum absolute atomic E-state index is 12.8. The molecule has 0 spiro atoms. The van der Waals surface area contributed by atoms with Crippen molar-refractivity contribution in [1.29, 1.82) is 0 Å². The van der Waals surface area contributed by atoms with Gasteiger partial charge >= 0.3 is 5.97 Å². The number of nitrogens with one attached hydrogen (secondary N) is 1. The Balaban J connectivity index is 1.30. The van der Waals surface area contributed by atoms with Gasteiger partial charge in [0.1, 0.15) is 12.4 Å². The molecule has 0 radical (unpaired) electrons. The molecule has 7 heteroatoms. The van der Waals surface area contributed by atoms with Crippen LogP contribution >= 0.6 is 0 Å². The second-order valence-corrected chi connectivity index (χ2v) is 9.53. The molecular weight excluding hydrogens is 502 g/mol. The summed E-state index contributed by atoms with van der Waals surface area (Å²) >= 11 is 0. The largest absolute Gasteiger partial charge is 0.488 e. The van der Waals surface area contributed by atoms with Crippen LogP contribution in [0.1, 0.15) is 43.0 Å². The first kappa shape index (κ1) is 25.1. The molecule has 0 aliphatic carbocycles. The molecule has 1 N–H and O–H groups in total. The van der Waals surface area contributed by atoms with E-state index in [1.807, 2.05) is 83.4 Å². The summed E-state index contributed by atoms with van der Waals surface area (Å²) < 4.78 is 13.1. The number of carbonyl (C=O) groups excluding carboxylic acids is 2. The normalized spacial score (nSPS) is 13.2. The zero-order chi connectivity index (χ0) is 27.5. The second kappa shape index (κ2) is 10.9. The quantitative estimate of drug-likeness (QED) is 0.282. The number of esters is 1. The first-order valence-electron chi connectivity index (χ1n) is 13.0. The van der Waals surface area contributed by atoms with Gasteiger partial charge in [0.05, 0.1) is 30.0 Å². The van der Waals surface area contributed by atoms with Gasteiger partial charge in [0.25, 0.3) is 5.91 Å². The monoisotopic (exact) mass is 529 g/mol. The van der Waals surface area contributed by atoms with Crippen molar-refractivity contribution in [2.24, 2.45) is 0 Å². The number of hydrogen-bond acceptors (Lipinski definition) is 5. The third kappa shape index (κ3) is 4.97. The summed E-state index contributed by atoms with van der Waals surface area (Å²) in [6.45, 7) is 1.42. The van der Waals surface area contributed by atoms with Gasteiger partial charge in [-0.05, 0) is 58.7 Å². The number of methoxy groups -OCH3 is 1. The lowest BCUT2D eigenvalue weighted by atomic mass is 9.93. The maximum atomic E-state index is 12.8. The highest BCUT2D eigenvalue weighted by Crippen LogP contribution is 2.37. The fourth-order valence-corrected chi connectivity index (χ4v) is 4.96. The van der Waals surface area contributed by atoms with E-state index in [4.69, 9.17) is 9.47 Å². The number of hydrogen-bond donors (Lipinski definition) is 1. The number of imidazole rings is 1. The van der Waals surface area contributed by atoms with Crippen molar-refractivity contribution < 1.29 is 19.1 Å². The third-order valence-corrected chi connectivity index (χ3v) is 7.05. The zero-order valence-corrected chi connectivity index (χ0v) is 22.0. The van der Waals surface area contributed by atoms with Crippen LogP contribution in [0, 0.1) is 0 Å². The molecule has 198 valence electrons. The molecule has 7 nitrogen and oxygen atoms in total. The smallest absolute Gasteiger partial charge is 0.337 e. The summed E-state index contributed by atoms with van der Waals surface area (Å²) in [4.78, 5) is 29.6. The van der Waals surface area contributed by atoms with E-state index in [0.717, 1.165) is 38.9 Å². The van der Waals surface area contributed by atoms with Gasteiger partial charge in [-0.2, -0.15) is 0 Å². The summed E-state index contributed by atoms with van der Waals surface area (Å²) in [5.74, 6) is 0.163. The summed E-state index contributed by atoms with van der Waals surface area (Å²) in [6.07, 6.45) is 3.90. The van der Waals surface area contributed by atoms with Gasteiger partial charge in [0.15, 0.2) is 0 Å². The van der Waals surface area contributed by atoms with Crippen LogP contribution < -0.4 is 10.1 Å². The van der Waals surface area contributed by atoms with Gasteiger partial charge < -0.3 is 19.4 Å². The lowest BCUT2D eigenvalue weighted by Gasteiger charge is -2.12. The van der Waals surface area contributed by atoms with E-state index in [1.165, 1.54) is 7.11 Å². The van der Waals surface area contributed by atoms with Gasteiger partial charge in [0.2, 0.25) is 0 Å². The molecular formula is C33H27N3O4. The first-order valence-corrected chi connectivity index (χ1v) is 13.0. The maximum Gasteiger partial charge on any atom is 0.337 e. The Hall–Kier alpha value is -5.17. The Morgan fingerprint density at radius 2 is 1.75 bits per heavy atom. The van der Waals surface area contributed by atoms with Crippen molar-refractivity contribution in [3.8, 4) is 5.75 Å². The van der Waals surface area contributed by atoms with Crippen molar-refractivity contribution in [2.75, 3.05) is 7.11 Å². The summed E-state index contributed by atoms with van der Waals surface area (Å²) in [6, 6.07) is 28.8. The highest BCUT2D eigenvalue weighted by Gasteiger charge is 2.21. The van der Waals surface area contributed by atoms with E-state index < -0.39 is 5.97 Å². The van der Waals surface area contributed by atoms with E-state index >= 15 is 0 Å². The molecule has 6 rings (SSSR count). The number of aromatic nitrogens is 2. The number of carbonyl (C=O) groups is 2. The van der Waals surface area contributed by atoms with Crippen LogP contribution in [0.4, 0.5) is 0 Å². The lowest BCUT2D eigenvalue weighted by molar-refractivity contribution is 0.0600. The number of amides is 1. The molecule has 0 fully saturated rings. The van der Waals surface area contributed by atoms with Crippen LogP contribution in [-0.4, -0.2) is 28.5 Å². The third-order valence-electron chi connectivity index (χ3n) is 7.05. The summed E-state index contributed by atoms with van der Waals surface area (Å²) in [7, 11) is 1.37. The number of allylic oxidation sites excluding steroid dienone is 1. The van der Waals surface area contributed by atoms with Gasteiger partial charge in [-0.15, -0.1) is 0 Å². The minimum atomic E-state index is -0.399. The Kier molecular flexibility index (Phi) is 6.85. The molecule has 2 heterocycles. The number of nitrogens with zero attached hydrogens (tertiary/aromatic N) is 2. The van der Waals surface area contributed by atoms with Crippen LogP contribution in [0.15, 0.2) is 103 Å². The fraction of sp³-hybridized carbons (Fsp3) is 0.121. The van der Waals surface area contributed by atoms with Gasteiger partial charge in [0, 0.05) is 24.2 Å². The Morgan fingerprint density at radius 1 is 0.950 bits per heavy atom. The van der Waals surface area contributed by atoms with Gasteiger partial charge in [-0.3, -0.25) is 4.79 Å². The van der Waals surface area contributed by atoms with Gasteiger partial charge in [-0.1, -0.05) is 60.7 Å². The number of ether oxygens (including phenoxy) is 2. The molecule has 4 aromatic carbocycles. The first-order chi connectivity index (χ1) is 19.6. The van der Waals surface area contributed by atoms with Crippen LogP contribution in [-0.2, 0) is 24.4 Å². The topological polar surface area (TPSA) is 82.5 Å². The van der Waals surface area contributed by atoms with Crippen molar-refractivity contribution >= 4 is 28.5 Å². The van der Waals surface area contributed by atoms with Crippen LogP contribution in [0.25, 0.3) is 16.6 Å². The Bertz CT molecular complexity index is 1750. The van der Waals surface area contributed by atoms with Gasteiger partial charge in [-0.25, -0.2) is 9.78 Å². The van der Waals surface area contributed by atoms with E-state index in [2.05, 4.69) is 22.4 Å². The Morgan fingerprint density at radius 3 is 2.60 bits per heavy atom. The van der Waals surface area contributed by atoms with Crippen molar-refractivity contribution in [3.63, 3.8) is 0 Å². The van der Waals surface area contributed by atoms with E-state index in [1.54, 1.807) is 12.4 Å². The highest BCUT2D eigenvalue weighted by atomic mass is 16.5. The van der Waals surface area contributed by atoms with Crippen LogP contribution in [0.3, 0.4) is 0 Å². The minimum Gasteiger partial charge on any atom is -0.488 e.